The molecule has 0 aliphatic heterocycles. The lowest BCUT2D eigenvalue weighted by molar-refractivity contribution is -0.117. The Kier molecular flexibility index (Phi) is 3.68. The summed E-state index contributed by atoms with van der Waals surface area (Å²) < 4.78 is 0.524. The molecule has 1 aliphatic carbocycles. The van der Waals surface area contributed by atoms with Crippen molar-refractivity contribution in [2.24, 2.45) is 0 Å². The molecule has 1 saturated carbocycles. The molecule has 0 heterocycles. The number of nitrogens with zero attached hydrogens (tertiary/aromatic N) is 1. The molecule has 1 aromatic carbocycles. The van der Waals surface area contributed by atoms with Gasteiger partial charge in [0.2, 0.25) is 0 Å². The molecule has 1 amide bonds. The Balaban J connectivity index is 2.19. The number of carbonyl (C=O) groups excluding carboxylic acids is 1. The zero-order chi connectivity index (χ0) is 13.1. The Morgan fingerprint density at radius 2 is 2.28 bits per heavy atom. The van der Waals surface area contributed by atoms with Crippen molar-refractivity contribution in [3.05, 3.63) is 33.8 Å². The molecule has 2 N–H and O–H groups in total. The van der Waals surface area contributed by atoms with Gasteiger partial charge < -0.3 is 10.4 Å². The maximum atomic E-state index is 11.7. The lowest BCUT2D eigenvalue weighted by Crippen LogP contribution is -2.26. The summed E-state index contributed by atoms with van der Waals surface area (Å²) in [5, 5.41) is 21.1. The Bertz CT molecular complexity index is 557. The number of phenols is 1. The molecular formula is C13H11BrN2O2. The van der Waals surface area contributed by atoms with Gasteiger partial charge in [0.05, 0.1) is 4.47 Å². The van der Waals surface area contributed by atoms with Gasteiger partial charge in [-0.05, 0) is 52.5 Å². The molecule has 1 aliphatic rings. The summed E-state index contributed by atoms with van der Waals surface area (Å²) in [6, 6.07) is 6.91. The zero-order valence-electron chi connectivity index (χ0n) is 9.48. The Morgan fingerprint density at radius 1 is 1.56 bits per heavy atom. The molecule has 18 heavy (non-hydrogen) atoms. The highest BCUT2D eigenvalue weighted by Gasteiger charge is 2.24. The van der Waals surface area contributed by atoms with Crippen LogP contribution < -0.4 is 5.32 Å². The zero-order valence-corrected chi connectivity index (χ0v) is 11.1. The van der Waals surface area contributed by atoms with Gasteiger partial charge in [-0.15, -0.1) is 0 Å². The van der Waals surface area contributed by atoms with Crippen LogP contribution in [0.1, 0.15) is 18.4 Å². The van der Waals surface area contributed by atoms with Crippen molar-refractivity contribution in [2.75, 3.05) is 0 Å². The van der Waals surface area contributed by atoms with E-state index >= 15 is 0 Å². The van der Waals surface area contributed by atoms with Crippen molar-refractivity contribution in [1.29, 1.82) is 5.26 Å². The molecule has 0 unspecified atom stereocenters. The summed E-state index contributed by atoms with van der Waals surface area (Å²) >= 11 is 3.18. The number of carbonyl (C=O) groups is 1. The van der Waals surface area contributed by atoms with Crippen LogP contribution in [0.25, 0.3) is 6.08 Å². The van der Waals surface area contributed by atoms with Crippen molar-refractivity contribution in [1.82, 2.24) is 5.32 Å². The van der Waals surface area contributed by atoms with Gasteiger partial charge in [-0.1, -0.05) is 6.07 Å². The van der Waals surface area contributed by atoms with Gasteiger partial charge in [0.15, 0.2) is 0 Å². The van der Waals surface area contributed by atoms with Crippen LogP contribution in [0.4, 0.5) is 0 Å². The van der Waals surface area contributed by atoms with Crippen LogP contribution in [0, 0.1) is 11.3 Å². The number of nitriles is 1. The van der Waals surface area contributed by atoms with Crippen LogP contribution in [0.3, 0.4) is 0 Å². The SMILES string of the molecule is N#C/C(=C\c1ccc(O)c(Br)c1)C(=O)NC1CC1. The van der Waals surface area contributed by atoms with E-state index in [0.29, 0.717) is 10.0 Å². The largest absolute Gasteiger partial charge is 0.507 e. The normalized spacial score (nSPS) is 15.0. The Morgan fingerprint density at radius 3 is 2.83 bits per heavy atom. The highest BCUT2D eigenvalue weighted by molar-refractivity contribution is 9.10. The van der Waals surface area contributed by atoms with E-state index in [2.05, 4.69) is 21.2 Å². The first kappa shape index (κ1) is 12.7. The van der Waals surface area contributed by atoms with E-state index in [1.165, 1.54) is 12.1 Å². The van der Waals surface area contributed by atoms with Gasteiger partial charge in [-0.3, -0.25) is 4.79 Å². The van der Waals surface area contributed by atoms with Gasteiger partial charge in [0.1, 0.15) is 17.4 Å². The van der Waals surface area contributed by atoms with Gasteiger partial charge in [-0.2, -0.15) is 5.26 Å². The van der Waals surface area contributed by atoms with Gasteiger partial charge >= 0.3 is 0 Å². The number of nitrogens with one attached hydrogen (secondary N) is 1. The van der Waals surface area contributed by atoms with E-state index in [1.807, 2.05) is 6.07 Å². The van der Waals surface area contributed by atoms with Crippen molar-refractivity contribution >= 4 is 27.9 Å². The molecule has 92 valence electrons. The molecule has 0 atom stereocenters. The monoisotopic (exact) mass is 306 g/mol. The third-order valence-electron chi connectivity index (χ3n) is 2.56. The van der Waals surface area contributed by atoms with E-state index in [1.54, 1.807) is 12.1 Å². The van der Waals surface area contributed by atoms with Crippen LogP contribution >= 0.6 is 15.9 Å². The second-order valence-electron chi connectivity index (χ2n) is 4.13. The Hall–Kier alpha value is -1.80. The summed E-state index contributed by atoms with van der Waals surface area (Å²) in [4.78, 5) is 11.7. The molecule has 0 spiro atoms. The molecule has 0 aromatic heterocycles. The number of benzene rings is 1. The number of amides is 1. The van der Waals surface area contributed by atoms with Crippen molar-refractivity contribution < 1.29 is 9.90 Å². The highest BCUT2D eigenvalue weighted by Crippen LogP contribution is 2.25. The lowest BCUT2D eigenvalue weighted by Gasteiger charge is -2.02. The van der Waals surface area contributed by atoms with Crippen molar-refractivity contribution in [3.8, 4) is 11.8 Å². The second kappa shape index (κ2) is 5.23. The first-order valence-electron chi connectivity index (χ1n) is 5.51. The number of rotatable bonds is 3. The second-order valence-corrected chi connectivity index (χ2v) is 4.98. The third kappa shape index (κ3) is 3.11. The van der Waals surface area contributed by atoms with Crippen LogP contribution in [0.2, 0.25) is 0 Å². The topological polar surface area (TPSA) is 73.1 Å². The van der Waals surface area contributed by atoms with Gasteiger partial charge in [0, 0.05) is 6.04 Å². The standard InChI is InChI=1S/C13H11BrN2O2/c14-11-6-8(1-4-12(11)17)5-9(7-15)13(18)16-10-2-3-10/h1,4-6,10,17H,2-3H2,(H,16,18)/b9-5+. The minimum absolute atomic E-state index is 0.0690. The molecule has 4 nitrogen and oxygen atoms in total. The number of hydrogen-bond acceptors (Lipinski definition) is 3. The maximum Gasteiger partial charge on any atom is 0.262 e. The molecule has 0 saturated heterocycles. The third-order valence-corrected chi connectivity index (χ3v) is 3.20. The quantitative estimate of drug-likeness (QED) is 0.665. The fraction of sp³-hybridized carbons (Fsp3) is 0.231. The van der Waals surface area contributed by atoms with Crippen LogP contribution in [-0.2, 0) is 4.79 Å². The summed E-state index contributed by atoms with van der Waals surface area (Å²) in [6.45, 7) is 0. The molecule has 1 aromatic rings. The van der Waals surface area contributed by atoms with E-state index in [-0.39, 0.29) is 23.3 Å². The number of hydrogen-bond donors (Lipinski definition) is 2. The molecule has 0 radical (unpaired) electrons. The van der Waals surface area contributed by atoms with E-state index in [0.717, 1.165) is 12.8 Å². The summed E-state index contributed by atoms with van der Waals surface area (Å²) in [7, 11) is 0. The molecule has 5 heteroatoms. The average Bonchev–Trinajstić information content (AvgIpc) is 3.14. The minimum Gasteiger partial charge on any atom is -0.507 e. The first-order valence-corrected chi connectivity index (χ1v) is 6.30. The van der Waals surface area contributed by atoms with Gasteiger partial charge in [-0.25, -0.2) is 0 Å². The van der Waals surface area contributed by atoms with E-state index in [9.17, 15) is 9.90 Å². The summed E-state index contributed by atoms with van der Waals surface area (Å²) in [5.41, 5.74) is 0.752. The van der Waals surface area contributed by atoms with Crippen molar-refractivity contribution in [3.63, 3.8) is 0 Å². The van der Waals surface area contributed by atoms with Crippen molar-refractivity contribution in [2.45, 2.75) is 18.9 Å². The molecular weight excluding hydrogens is 296 g/mol. The smallest absolute Gasteiger partial charge is 0.262 e. The number of aromatic hydroxyl groups is 1. The fourth-order valence-electron chi connectivity index (χ4n) is 1.42. The predicted molar refractivity (Wildman–Crippen MR) is 70.6 cm³/mol. The molecule has 1 fully saturated rings. The lowest BCUT2D eigenvalue weighted by atomic mass is 10.1. The summed E-state index contributed by atoms with van der Waals surface area (Å²) in [5.74, 6) is -0.225. The number of halogens is 1. The maximum absolute atomic E-state index is 11.7. The highest BCUT2D eigenvalue weighted by atomic mass is 79.9. The average molecular weight is 307 g/mol. The van der Waals surface area contributed by atoms with E-state index in [4.69, 9.17) is 5.26 Å². The van der Waals surface area contributed by atoms with Crippen LogP contribution in [-0.4, -0.2) is 17.1 Å². The molecule has 2 rings (SSSR count). The Labute approximate surface area is 113 Å². The van der Waals surface area contributed by atoms with E-state index < -0.39 is 0 Å². The predicted octanol–water partition coefficient (Wildman–Crippen LogP) is 2.34. The molecule has 0 bridgehead atoms. The fourth-order valence-corrected chi connectivity index (χ4v) is 1.82. The first-order chi connectivity index (χ1) is 8.60. The summed E-state index contributed by atoms with van der Waals surface area (Å²) in [6.07, 6.45) is 3.46. The van der Waals surface area contributed by atoms with Gasteiger partial charge in [0.25, 0.3) is 5.91 Å². The van der Waals surface area contributed by atoms with Crippen LogP contribution in [0.15, 0.2) is 28.2 Å². The van der Waals surface area contributed by atoms with Crippen LogP contribution in [0.5, 0.6) is 5.75 Å². The minimum atomic E-state index is -0.343. The number of phenolic OH excluding ortho intramolecular Hbond substituents is 1.